The third kappa shape index (κ3) is 7.01. The van der Waals surface area contributed by atoms with Crippen LogP contribution in [0.4, 0.5) is 0 Å². The Bertz CT molecular complexity index is 610. The lowest BCUT2D eigenvalue weighted by Crippen LogP contribution is -2.48. The molecule has 8 nitrogen and oxygen atoms in total. The van der Waals surface area contributed by atoms with Crippen molar-refractivity contribution in [2.24, 2.45) is 5.41 Å². The van der Waals surface area contributed by atoms with Gasteiger partial charge in [-0.3, -0.25) is 14.6 Å². The first-order chi connectivity index (χ1) is 12.3. The number of carbonyl (C=O) groups excluding carboxylic acids is 3. The fourth-order valence-corrected chi connectivity index (χ4v) is 2.10. The Morgan fingerprint density at radius 3 is 2.62 bits per heavy atom. The molecule has 0 spiro atoms. The highest BCUT2D eigenvalue weighted by atomic mass is 32.1. The Morgan fingerprint density at radius 2 is 2.04 bits per heavy atom. The Balaban J connectivity index is 2.70. The quantitative estimate of drug-likeness (QED) is 0.338. The van der Waals surface area contributed by atoms with Gasteiger partial charge < -0.3 is 20.5 Å². The van der Waals surface area contributed by atoms with Crippen LogP contribution in [0.5, 0.6) is 0 Å². The zero-order chi connectivity index (χ0) is 19.6. The SMILES string of the molecule is CC(C)(CO)C(OC(=O)c1cccnc1)C(=O)NCCC(=O)NCCS. The largest absolute Gasteiger partial charge is 0.448 e. The Kier molecular flexibility index (Phi) is 9.08. The molecule has 144 valence electrons. The van der Waals surface area contributed by atoms with Crippen molar-refractivity contribution in [2.45, 2.75) is 26.4 Å². The molecule has 1 rings (SSSR count). The summed E-state index contributed by atoms with van der Waals surface area (Å²) in [5, 5.41) is 14.7. The molecule has 26 heavy (non-hydrogen) atoms. The fourth-order valence-electron chi connectivity index (χ4n) is 1.99. The zero-order valence-electron chi connectivity index (χ0n) is 14.9. The molecule has 0 aliphatic heterocycles. The van der Waals surface area contributed by atoms with E-state index in [0.29, 0.717) is 12.3 Å². The molecule has 0 radical (unpaired) electrons. The van der Waals surface area contributed by atoms with Gasteiger partial charge in [-0.1, -0.05) is 13.8 Å². The first-order valence-corrected chi connectivity index (χ1v) is 8.82. The van der Waals surface area contributed by atoms with Crippen LogP contribution in [-0.4, -0.2) is 59.4 Å². The molecule has 0 aliphatic rings. The number of aliphatic hydroxyl groups excluding tert-OH is 1. The number of pyridine rings is 1. The molecule has 1 unspecified atom stereocenters. The number of ether oxygens (including phenoxy) is 1. The lowest BCUT2D eigenvalue weighted by molar-refractivity contribution is -0.138. The van der Waals surface area contributed by atoms with Crippen molar-refractivity contribution in [3.63, 3.8) is 0 Å². The normalized spacial score (nSPS) is 12.2. The lowest BCUT2D eigenvalue weighted by atomic mass is 9.86. The van der Waals surface area contributed by atoms with E-state index in [-0.39, 0.29) is 31.0 Å². The van der Waals surface area contributed by atoms with Gasteiger partial charge in [-0.25, -0.2) is 4.79 Å². The molecule has 2 amide bonds. The van der Waals surface area contributed by atoms with E-state index in [4.69, 9.17) is 4.74 Å². The summed E-state index contributed by atoms with van der Waals surface area (Å²) in [7, 11) is 0. The highest BCUT2D eigenvalue weighted by molar-refractivity contribution is 7.80. The number of amides is 2. The summed E-state index contributed by atoms with van der Waals surface area (Å²) in [6.07, 6.45) is 1.70. The van der Waals surface area contributed by atoms with Gasteiger partial charge in [0.2, 0.25) is 5.91 Å². The monoisotopic (exact) mass is 383 g/mol. The van der Waals surface area contributed by atoms with Gasteiger partial charge in [-0.2, -0.15) is 12.6 Å². The molecule has 1 atom stereocenters. The first-order valence-electron chi connectivity index (χ1n) is 8.19. The van der Waals surface area contributed by atoms with Gasteiger partial charge in [0.15, 0.2) is 6.10 Å². The minimum atomic E-state index is -1.22. The molecule has 9 heteroatoms. The number of nitrogens with zero attached hydrogens (tertiary/aromatic N) is 1. The molecule has 1 heterocycles. The van der Waals surface area contributed by atoms with Crippen LogP contribution in [0.15, 0.2) is 24.5 Å². The summed E-state index contributed by atoms with van der Waals surface area (Å²) in [5.41, 5.74) is -0.804. The number of thiol groups is 1. The molecule has 3 N–H and O–H groups in total. The van der Waals surface area contributed by atoms with Crippen LogP contribution < -0.4 is 10.6 Å². The molecule has 1 aromatic heterocycles. The molecule has 1 aromatic rings. The maximum atomic E-state index is 12.5. The van der Waals surface area contributed by atoms with E-state index in [1.54, 1.807) is 19.9 Å². The van der Waals surface area contributed by atoms with Gasteiger partial charge in [0, 0.05) is 43.1 Å². The van der Waals surface area contributed by atoms with Crippen LogP contribution in [0.1, 0.15) is 30.6 Å². The van der Waals surface area contributed by atoms with Crippen molar-refractivity contribution < 1.29 is 24.2 Å². The number of hydrogen-bond acceptors (Lipinski definition) is 7. The Labute approximate surface area is 158 Å². The second kappa shape index (κ2) is 10.8. The second-order valence-corrected chi connectivity index (χ2v) is 6.74. The summed E-state index contributed by atoms with van der Waals surface area (Å²) < 4.78 is 5.31. The van der Waals surface area contributed by atoms with Gasteiger partial charge in [-0.15, -0.1) is 0 Å². The van der Waals surface area contributed by atoms with Gasteiger partial charge >= 0.3 is 5.97 Å². The van der Waals surface area contributed by atoms with Crippen molar-refractivity contribution >= 4 is 30.4 Å². The van der Waals surface area contributed by atoms with E-state index < -0.39 is 23.4 Å². The number of rotatable bonds is 10. The Hall–Kier alpha value is -2.13. The second-order valence-electron chi connectivity index (χ2n) is 6.29. The smallest absolute Gasteiger partial charge is 0.340 e. The molecular weight excluding hydrogens is 358 g/mol. The molecular formula is C17H25N3O5S. The van der Waals surface area contributed by atoms with Crippen LogP contribution in [0.3, 0.4) is 0 Å². The minimum Gasteiger partial charge on any atom is -0.448 e. The maximum Gasteiger partial charge on any atom is 0.340 e. The van der Waals surface area contributed by atoms with Crippen LogP contribution in [0, 0.1) is 5.41 Å². The third-order valence-corrected chi connectivity index (χ3v) is 3.79. The van der Waals surface area contributed by atoms with Crippen molar-refractivity contribution in [3.05, 3.63) is 30.1 Å². The molecule has 0 bridgehead atoms. The van der Waals surface area contributed by atoms with Gasteiger partial charge in [0.25, 0.3) is 5.91 Å². The lowest BCUT2D eigenvalue weighted by Gasteiger charge is -2.30. The predicted octanol–water partition coefficient (Wildman–Crippen LogP) is 0.178. The summed E-state index contributed by atoms with van der Waals surface area (Å²) in [6, 6.07) is 3.09. The number of esters is 1. The highest BCUT2D eigenvalue weighted by Gasteiger charge is 2.38. The average Bonchev–Trinajstić information content (AvgIpc) is 2.64. The maximum absolute atomic E-state index is 12.5. The molecule has 0 saturated heterocycles. The standard InChI is InChI=1S/C17H25N3O5S/c1-17(2,11-21)14(25-16(24)12-4-3-6-18-10-12)15(23)20-7-5-13(22)19-8-9-26/h3-4,6,10,14,21,26H,5,7-9,11H2,1-2H3,(H,19,22)(H,20,23). The topological polar surface area (TPSA) is 118 Å². The highest BCUT2D eigenvalue weighted by Crippen LogP contribution is 2.24. The van der Waals surface area contributed by atoms with E-state index in [2.05, 4.69) is 28.2 Å². The van der Waals surface area contributed by atoms with Gasteiger partial charge in [0.1, 0.15) is 0 Å². The molecule has 0 fully saturated rings. The van der Waals surface area contributed by atoms with Crippen molar-refractivity contribution in [1.82, 2.24) is 15.6 Å². The first kappa shape index (κ1) is 21.9. The molecule has 0 aromatic carbocycles. The number of nitrogens with one attached hydrogen (secondary N) is 2. The summed E-state index contributed by atoms with van der Waals surface area (Å²) in [4.78, 5) is 40.1. The van der Waals surface area contributed by atoms with E-state index in [1.165, 1.54) is 18.5 Å². The summed E-state index contributed by atoms with van der Waals surface area (Å²) in [6.45, 7) is 3.37. The summed E-state index contributed by atoms with van der Waals surface area (Å²) in [5.74, 6) is -0.992. The Morgan fingerprint density at radius 1 is 1.31 bits per heavy atom. The van der Waals surface area contributed by atoms with Crippen molar-refractivity contribution in [3.8, 4) is 0 Å². The minimum absolute atomic E-state index is 0.0830. The van der Waals surface area contributed by atoms with Crippen LogP contribution in [0.2, 0.25) is 0 Å². The predicted molar refractivity (Wildman–Crippen MR) is 98.8 cm³/mol. The number of carbonyl (C=O) groups is 3. The van der Waals surface area contributed by atoms with Crippen molar-refractivity contribution in [2.75, 3.05) is 25.4 Å². The molecule has 0 aliphatic carbocycles. The number of hydrogen-bond donors (Lipinski definition) is 4. The summed E-state index contributed by atoms with van der Waals surface area (Å²) >= 11 is 3.99. The number of aliphatic hydroxyl groups is 1. The van der Waals surface area contributed by atoms with Crippen LogP contribution >= 0.6 is 12.6 Å². The van der Waals surface area contributed by atoms with Gasteiger partial charge in [-0.05, 0) is 12.1 Å². The third-order valence-electron chi connectivity index (χ3n) is 3.56. The van der Waals surface area contributed by atoms with Gasteiger partial charge in [0.05, 0.1) is 12.2 Å². The van der Waals surface area contributed by atoms with Crippen LogP contribution in [-0.2, 0) is 14.3 Å². The van der Waals surface area contributed by atoms with Crippen molar-refractivity contribution in [1.29, 1.82) is 0 Å². The van der Waals surface area contributed by atoms with E-state index >= 15 is 0 Å². The van der Waals surface area contributed by atoms with E-state index in [9.17, 15) is 19.5 Å². The van der Waals surface area contributed by atoms with E-state index in [0.717, 1.165) is 0 Å². The molecule has 0 saturated carbocycles. The van der Waals surface area contributed by atoms with E-state index in [1.807, 2.05) is 0 Å². The zero-order valence-corrected chi connectivity index (χ0v) is 15.8. The van der Waals surface area contributed by atoms with Crippen LogP contribution in [0.25, 0.3) is 0 Å². The fraction of sp³-hybridized carbons (Fsp3) is 0.529. The average molecular weight is 383 g/mol. The number of aromatic nitrogens is 1.